The van der Waals surface area contributed by atoms with Crippen LogP contribution >= 0.6 is 11.8 Å². The van der Waals surface area contributed by atoms with E-state index in [-0.39, 0.29) is 24.1 Å². The topological polar surface area (TPSA) is 82.1 Å². The third kappa shape index (κ3) is 6.11. The van der Waals surface area contributed by atoms with Crippen LogP contribution in [0.5, 0.6) is 11.5 Å². The van der Waals surface area contributed by atoms with Gasteiger partial charge in [0.2, 0.25) is 5.91 Å². The second-order valence-electron chi connectivity index (χ2n) is 9.08. The molecule has 0 bridgehead atoms. The van der Waals surface area contributed by atoms with E-state index in [9.17, 15) is 14.4 Å². The molecule has 2 aromatic carbocycles. The zero-order chi connectivity index (χ0) is 24.9. The van der Waals surface area contributed by atoms with Crippen molar-refractivity contribution in [3.63, 3.8) is 0 Å². The quantitative estimate of drug-likeness (QED) is 0.410. The van der Waals surface area contributed by atoms with Crippen molar-refractivity contribution in [1.82, 2.24) is 4.90 Å². The SMILES string of the molecule is COc1cc2c(cc1OC)CN(C(=O)CSc1ccccc1C(=O)OCC(=O)C(C)(C)C)CC2. The molecule has 0 saturated heterocycles. The van der Waals surface area contributed by atoms with Crippen molar-refractivity contribution >= 4 is 29.4 Å². The number of rotatable bonds is 8. The normalized spacial score (nSPS) is 13.1. The largest absolute Gasteiger partial charge is 0.493 e. The van der Waals surface area contributed by atoms with Crippen LogP contribution in [0.4, 0.5) is 0 Å². The highest BCUT2D eigenvalue weighted by Crippen LogP contribution is 2.33. The summed E-state index contributed by atoms with van der Waals surface area (Å²) in [6.07, 6.45) is 0.733. The lowest BCUT2D eigenvalue weighted by Crippen LogP contribution is -2.37. The van der Waals surface area contributed by atoms with E-state index in [0.29, 0.717) is 35.0 Å². The van der Waals surface area contributed by atoms with E-state index in [1.165, 1.54) is 11.8 Å². The van der Waals surface area contributed by atoms with Crippen LogP contribution in [0.15, 0.2) is 41.3 Å². The molecule has 0 N–H and O–H groups in total. The van der Waals surface area contributed by atoms with Gasteiger partial charge in [0.1, 0.15) is 0 Å². The molecule has 1 aliphatic rings. The van der Waals surface area contributed by atoms with Crippen LogP contribution in [0.25, 0.3) is 0 Å². The van der Waals surface area contributed by atoms with Crippen molar-refractivity contribution in [2.45, 2.75) is 38.6 Å². The van der Waals surface area contributed by atoms with E-state index in [1.807, 2.05) is 17.0 Å². The lowest BCUT2D eigenvalue weighted by molar-refractivity contribution is -0.130. The standard InChI is InChI=1S/C26H31NO6S/c1-26(2,3)23(28)15-33-25(30)19-8-6-7-9-22(19)34-16-24(29)27-11-10-17-12-20(31-4)21(32-5)13-18(17)14-27/h6-9,12-13H,10-11,14-16H2,1-5H3. The van der Waals surface area contributed by atoms with Crippen LogP contribution in [0, 0.1) is 5.41 Å². The van der Waals surface area contributed by atoms with Gasteiger partial charge in [-0.05, 0) is 41.8 Å². The molecule has 8 heteroatoms. The summed E-state index contributed by atoms with van der Waals surface area (Å²) in [7, 11) is 3.20. The molecule has 1 aliphatic heterocycles. The fourth-order valence-electron chi connectivity index (χ4n) is 3.51. The molecule has 1 amide bonds. The fourth-order valence-corrected chi connectivity index (χ4v) is 4.46. The average Bonchev–Trinajstić information content (AvgIpc) is 2.83. The predicted octanol–water partition coefficient (Wildman–Crippen LogP) is 4.15. The first-order chi connectivity index (χ1) is 16.1. The Morgan fingerprint density at radius 3 is 2.29 bits per heavy atom. The summed E-state index contributed by atoms with van der Waals surface area (Å²) in [5.74, 6) is 0.776. The van der Waals surface area contributed by atoms with Crippen LogP contribution in [-0.2, 0) is 27.3 Å². The monoisotopic (exact) mass is 485 g/mol. The van der Waals surface area contributed by atoms with Gasteiger partial charge in [-0.25, -0.2) is 4.79 Å². The lowest BCUT2D eigenvalue weighted by Gasteiger charge is -2.29. The number of methoxy groups -OCH3 is 2. The highest BCUT2D eigenvalue weighted by molar-refractivity contribution is 8.00. The number of hydrogen-bond acceptors (Lipinski definition) is 7. The van der Waals surface area contributed by atoms with Gasteiger partial charge in [0.05, 0.1) is 25.5 Å². The number of ketones is 1. The van der Waals surface area contributed by atoms with Crippen molar-refractivity contribution in [3.8, 4) is 11.5 Å². The zero-order valence-electron chi connectivity index (χ0n) is 20.3. The number of benzene rings is 2. The Hall–Kier alpha value is -3.00. The maximum absolute atomic E-state index is 13.0. The Kier molecular flexibility index (Phi) is 8.25. The van der Waals surface area contributed by atoms with Gasteiger partial charge in [-0.15, -0.1) is 11.8 Å². The number of amides is 1. The molecule has 3 rings (SSSR count). The smallest absolute Gasteiger partial charge is 0.339 e. The van der Waals surface area contributed by atoms with Gasteiger partial charge in [-0.3, -0.25) is 9.59 Å². The maximum Gasteiger partial charge on any atom is 0.339 e. The van der Waals surface area contributed by atoms with Crippen molar-refractivity contribution in [2.75, 3.05) is 33.1 Å². The summed E-state index contributed by atoms with van der Waals surface area (Å²) in [5.41, 5.74) is 1.95. The van der Waals surface area contributed by atoms with Crippen LogP contribution in [0.3, 0.4) is 0 Å². The second kappa shape index (κ2) is 11.0. The average molecular weight is 486 g/mol. The van der Waals surface area contributed by atoms with Gasteiger partial charge in [0, 0.05) is 23.4 Å². The summed E-state index contributed by atoms with van der Waals surface area (Å²) in [5, 5.41) is 0. The number of esters is 1. The molecule has 0 unspecified atom stereocenters. The first-order valence-electron chi connectivity index (χ1n) is 11.1. The molecule has 7 nitrogen and oxygen atoms in total. The second-order valence-corrected chi connectivity index (χ2v) is 10.1. The molecule has 0 radical (unpaired) electrons. The third-order valence-corrected chi connectivity index (χ3v) is 6.76. The molecule has 0 fully saturated rings. The van der Waals surface area contributed by atoms with E-state index in [1.54, 1.807) is 59.3 Å². The molecular formula is C26H31NO6S. The minimum atomic E-state index is -0.580. The summed E-state index contributed by atoms with van der Waals surface area (Å²) in [6.45, 7) is 6.17. The number of fused-ring (bicyclic) bond motifs is 1. The van der Waals surface area contributed by atoms with E-state index >= 15 is 0 Å². The third-order valence-electron chi connectivity index (χ3n) is 5.70. The summed E-state index contributed by atoms with van der Waals surface area (Å²) in [6, 6.07) is 10.9. The van der Waals surface area contributed by atoms with Crippen molar-refractivity contribution in [1.29, 1.82) is 0 Å². The van der Waals surface area contributed by atoms with Crippen LogP contribution < -0.4 is 9.47 Å². The number of carbonyl (C=O) groups excluding carboxylic acids is 3. The first kappa shape index (κ1) is 25.6. The molecule has 0 saturated carbocycles. The Morgan fingerprint density at radius 2 is 1.65 bits per heavy atom. The summed E-state index contributed by atoms with van der Waals surface area (Å²) < 4.78 is 16.0. The fraction of sp³-hybridized carbons (Fsp3) is 0.423. The minimum Gasteiger partial charge on any atom is -0.493 e. The van der Waals surface area contributed by atoms with Crippen molar-refractivity contribution < 1.29 is 28.6 Å². The minimum absolute atomic E-state index is 0.0171. The molecule has 34 heavy (non-hydrogen) atoms. The number of ether oxygens (including phenoxy) is 3. The zero-order valence-corrected chi connectivity index (χ0v) is 21.1. The molecule has 0 aliphatic carbocycles. The Bertz CT molecular complexity index is 1080. The van der Waals surface area contributed by atoms with Gasteiger partial charge in [0.25, 0.3) is 0 Å². The molecule has 2 aromatic rings. The van der Waals surface area contributed by atoms with Gasteiger partial charge in [-0.2, -0.15) is 0 Å². The number of hydrogen-bond donors (Lipinski definition) is 0. The van der Waals surface area contributed by atoms with Gasteiger partial charge >= 0.3 is 5.97 Å². The van der Waals surface area contributed by atoms with E-state index in [0.717, 1.165) is 17.5 Å². The Labute approximate surface area is 204 Å². The maximum atomic E-state index is 13.0. The van der Waals surface area contributed by atoms with E-state index in [2.05, 4.69) is 0 Å². The predicted molar refractivity (Wildman–Crippen MR) is 131 cm³/mol. The number of thioether (sulfide) groups is 1. The number of carbonyl (C=O) groups is 3. The molecule has 1 heterocycles. The Balaban J connectivity index is 1.63. The van der Waals surface area contributed by atoms with Crippen molar-refractivity contribution in [2.24, 2.45) is 5.41 Å². The molecule has 0 spiro atoms. The highest BCUT2D eigenvalue weighted by Gasteiger charge is 2.25. The van der Waals surface area contributed by atoms with Gasteiger partial charge < -0.3 is 19.1 Å². The number of nitrogens with zero attached hydrogens (tertiary/aromatic N) is 1. The van der Waals surface area contributed by atoms with E-state index in [4.69, 9.17) is 14.2 Å². The van der Waals surface area contributed by atoms with Crippen LogP contribution in [-0.4, -0.2) is 55.7 Å². The Morgan fingerprint density at radius 1 is 1.00 bits per heavy atom. The molecular weight excluding hydrogens is 454 g/mol. The molecule has 0 aromatic heterocycles. The van der Waals surface area contributed by atoms with Gasteiger partial charge in [0.15, 0.2) is 23.9 Å². The van der Waals surface area contributed by atoms with Crippen LogP contribution in [0.1, 0.15) is 42.3 Å². The summed E-state index contributed by atoms with van der Waals surface area (Å²) in [4.78, 5) is 40.1. The van der Waals surface area contributed by atoms with Crippen molar-refractivity contribution in [3.05, 3.63) is 53.1 Å². The molecule has 182 valence electrons. The highest BCUT2D eigenvalue weighted by atomic mass is 32.2. The molecule has 0 atom stereocenters. The van der Waals surface area contributed by atoms with Crippen LogP contribution in [0.2, 0.25) is 0 Å². The summed E-state index contributed by atoms with van der Waals surface area (Å²) >= 11 is 1.29. The van der Waals surface area contributed by atoms with Gasteiger partial charge in [-0.1, -0.05) is 32.9 Å². The lowest BCUT2D eigenvalue weighted by atomic mass is 9.91. The van der Waals surface area contributed by atoms with E-state index < -0.39 is 11.4 Å². The first-order valence-corrected chi connectivity index (χ1v) is 12.1. The number of Topliss-reactive ketones (excluding diaryl/α,β-unsaturated/α-hetero) is 1.